The molecule has 0 radical (unpaired) electrons. The van der Waals surface area contributed by atoms with E-state index in [1.54, 1.807) is 12.1 Å². The predicted molar refractivity (Wildman–Crippen MR) is 85.0 cm³/mol. The van der Waals surface area contributed by atoms with Crippen molar-refractivity contribution >= 4 is 5.97 Å². The molecule has 6 nitrogen and oxygen atoms in total. The lowest BCUT2D eigenvalue weighted by Crippen LogP contribution is -2.47. The van der Waals surface area contributed by atoms with E-state index in [0.717, 1.165) is 6.08 Å². The SMILES string of the molecule is C=CC(=O)OCCOCC(OCC)(OCC)Oc1ccccc1. The van der Waals surface area contributed by atoms with Gasteiger partial charge in [0, 0.05) is 6.08 Å². The molecule has 0 aliphatic carbocycles. The Morgan fingerprint density at radius 3 is 2.35 bits per heavy atom. The first-order valence-corrected chi connectivity index (χ1v) is 7.54. The molecule has 0 aliphatic rings. The van der Waals surface area contributed by atoms with Crippen molar-refractivity contribution in [2.24, 2.45) is 0 Å². The van der Waals surface area contributed by atoms with Crippen molar-refractivity contribution in [2.45, 2.75) is 19.8 Å². The van der Waals surface area contributed by atoms with Gasteiger partial charge in [0.2, 0.25) is 0 Å². The second kappa shape index (κ2) is 10.8. The Bertz CT molecular complexity index is 453. The van der Waals surface area contributed by atoms with E-state index in [-0.39, 0.29) is 19.8 Å². The smallest absolute Gasteiger partial charge is 0.351 e. The Kier molecular flexibility index (Phi) is 8.97. The van der Waals surface area contributed by atoms with Crippen LogP contribution in [0.4, 0.5) is 0 Å². The van der Waals surface area contributed by atoms with Gasteiger partial charge in [-0.25, -0.2) is 4.79 Å². The number of ether oxygens (including phenoxy) is 5. The number of rotatable bonds is 12. The summed E-state index contributed by atoms with van der Waals surface area (Å²) in [6, 6.07) is 9.21. The number of hydrogen-bond donors (Lipinski definition) is 0. The number of esters is 1. The summed E-state index contributed by atoms with van der Waals surface area (Å²) < 4.78 is 27.4. The first-order valence-electron chi connectivity index (χ1n) is 7.54. The van der Waals surface area contributed by atoms with Crippen LogP contribution in [0, 0.1) is 0 Å². The number of benzene rings is 1. The monoisotopic (exact) mass is 324 g/mol. The van der Waals surface area contributed by atoms with Gasteiger partial charge in [-0.15, -0.1) is 0 Å². The zero-order valence-corrected chi connectivity index (χ0v) is 13.7. The Labute approximate surface area is 136 Å². The van der Waals surface area contributed by atoms with Gasteiger partial charge in [-0.1, -0.05) is 24.8 Å². The van der Waals surface area contributed by atoms with Gasteiger partial charge in [0.25, 0.3) is 0 Å². The van der Waals surface area contributed by atoms with Crippen LogP contribution in [-0.2, 0) is 23.7 Å². The molecule has 128 valence electrons. The van der Waals surface area contributed by atoms with E-state index in [1.807, 2.05) is 32.0 Å². The van der Waals surface area contributed by atoms with Gasteiger partial charge in [0.05, 0.1) is 19.8 Å². The van der Waals surface area contributed by atoms with E-state index >= 15 is 0 Å². The first-order chi connectivity index (χ1) is 11.2. The molecule has 0 saturated heterocycles. The van der Waals surface area contributed by atoms with Crippen LogP contribution in [0.25, 0.3) is 0 Å². The fourth-order valence-corrected chi connectivity index (χ4v) is 1.78. The topological polar surface area (TPSA) is 63.2 Å². The highest BCUT2D eigenvalue weighted by Crippen LogP contribution is 2.21. The molecule has 0 heterocycles. The normalized spacial score (nSPS) is 11.0. The number of para-hydroxylation sites is 1. The molecule has 1 rings (SSSR count). The molecule has 1 aromatic rings. The molecule has 0 amide bonds. The van der Waals surface area contributed by atoms with Crippen LogP contribution < -0.4 is 4.74 Å². The van der Waals surface area contributed by atoms with E-state index in [9.17, 15) is 4.79 Å². The molecule has 0 spiro atoms. The fourth-order valence-electron chi connectivity index (χ4n) is 1.78. The van der Waals surface area contributed by atoms with Gasteiger partial charge in [-0.2, -0.15) is 0 Å². The van der Waals surface area contributed by atoms with Crippen LogP contribution in [0.3, 0.4) is 0 Å². The predicted octanol–water partition coefficient (Wildman–Crippen LogP) is 2.54. The lowest BCUT2D eigenvalue weighted by Gasteiger charge is -2.32. The summed E-state index contributed by atoms with van der Waals surface area (Å²) >= 11 is 0. The van der Waals surface area contributed by atoms with Gasteiger partial charge < -0.3 is 23.7 Å². The summed E-state index contributed by atoms with van der Waals surface area (Å²) in [5, 5.41) is 0. The summed E-state index contributed by atoms with van der Waals surface area (Å²) in [7, 11) is 0. The van der Waals surface area contributed by atoms with Gasteiger partial charge in [-0.3, -0.25) is 0 Å². The largest absolute Gasteiger partial charge is 0.460 e. The van der Waals surface area contributed by atoms with Crippen molar-refractivity contribution in [3.63, 3.8) is 0 Å². The third kappa shape index (κ3) is 7.27. The standard InChI is InChI=1S/C17H24O6/c1-4-16(18)20-13-12-19-14-17(21-5-2,22-6-3)23-15-10-8-7-9-11-15/h4,7-11H,1,5-6,12-14H2,2-3H3. The minimum Gasteiger partial charge on any atom is -0.460 e. The Morgan fingerprint density at radius 2 is 1.78 bits per heavy atom. The minimum atomic E-state index is -1.34. The second-order valence-electron chi connectivity index (χ2n) is 4.39. The maximum absolute atomic E-state index is 10.9. The zero-order valence-electron chi connectivity index (χ0n) is 13.7. The number of carbonyl (C=O) groups is 1. The van der Waals surface area contributed by atoms with Crippen molar-refractivity contribution in [2.75, 3.05) is 33.0 Å². The van der Waals surface area contributed by atoms with Crippen LogP contribution in [-0.4, -0.2) is 45.0 Å². The third-order valence-corrected chi connectivity index (χ3v) is 2.66. The highest BCUT2D eigenvalue weighted by atomic mass is 16.9. The van der Waals surface area contributed by atoms with Crippen LogP contribution >= 0.6 is 0 Å². The lowest BCUT2D eigenvalue weighted by molar-refractivity contribution is -0.357. The molecule has 0 saturated carbocycles. The quantitative estimate of drug-likeness (QED) is 0.255. The van der Waals surface area contributed by atoms with Crippen LogP contribution in [0.1, 0.15) is 13.8 Å². The molecule has 0 aliphatic heterocycles. The fraction of sp³-hybridized carbons (Fsp3) is 0.471. The molecule has 0 atom stereocenters. The summed E-state index contributed by atoms with van der Waals surface area (Å²) in [6.07, 6.45) is 1.10. The zero-order chi connectivity index (χ0) is 17.0. The van der Waals surface area contributed by atoms with E-state index in [1.165, 1.54) is 0 Å². The summed E-state index contributed by atoms with van der Waals surface area (Å²) in [6.45, 7) is 8.13. The third-order valence-electron chi connectivity index (χ3n) is 2.66. The van der Waals surface area contributed by atoms with Gasteiger partial charge in [0.15, 0.2) is 0 Å². The number of hydrogen-bond acceptors (Lipinski definition) is 6. The Morgan fingerprint density at radius 1 is 1.13 bits per heavy atom. The maximum atomic E-state index is 10.9. The van der Waals surface area contributed by atoms with Gasteiger partial charge >= 0.3 is 11.9 Å². The van der Waals surface area contributed by atoms with E-state index in [0.29, 0.717) is 19.0 Å². The van der Waals surface area contributed by atoms with Crippen molar-refractivity contribution in [3.05, 3.63) is 43.0 Å². The van der Waals surface area contributed by atoms with Crippen molar-refractivity contribution in [1.82, 2.24) is 0 Å². The summed E-state index contributed by atoms with van der Waals surface area (Å²) in [5.74, 6) is -1.22. The molecular weight excluding hydrogens is 300 g/mol. The van der Waals surface area contributed by atoms with Crippen molar-refractivity contribution < 1.29 is 28.5 Å². The molecule has 0 N–H and O–H groups in total. The second-order valence-corrected chi connectivity index (χ2v) is 4.39. The average molecular weight is 324 g/mol. The molecular formula is C17H24O6. The average Bonchev–Trinajstić information content (AvgIpc) is 2.55. The molecule has 6 heteroatoms. The number of carbonyl (C=O) groups excluding carboxylic acids is 1. The molecule has 0 fully saturated rings. The molecule has 0 unspecified atom stereocenters. The minimum absolute atomic E-state index is 0.0369. The molecule has 1 aromatic carbocycles. The summed E-state index contributed by atoms with van der Waals surface area (Å²) in [4.78, 5) is 10.9. The highest BCUT2D eigenvalue weighted by molar-refractivity contribution is 5.81. The Hall–Kier alpha value is -1.89. The van der Waals surface area contributed by atoms with E-state index < -0.39 is 11.9 Å². The van der Waals surface area contributed by atoms with Gasteiger partial charge in [0.1, 0.15) is 19.0 Å². The van der Waals surface area contributed by atoms with Crippen molar-refractivity contribution in [3.8, 4) is 5.75 Å². The van der Waals surface area contributed by atoms with Gasteiger partial charge in [-0.05, 0) is 26.0 Å². The highest BCUT2D eigenvalue weighted by Gasteiger charge is 2.35. The van der Waals surface area contributed by atoms with Crippen molar-refractivity contribution in [1.29, 1.82) is 0 Å². The maximum Gasteiger partial charge on any atom is 0.351 e. The molecule has 0 aromatic heterocycles. The van der Waals surface area contributed by atoms with E-state index in [4.69, 9.17) is 23.7 Å². The molecule has 0 bridgehead atoms. The lowest BCUT2D eigenvalue weighted by atomic mass is 10.3. The van der Waals surface area contributed by atoms with E-state index in [2.05, 4.69) is 6.58 Å². The Balaban J connectivity index is 2.59. The first kappa shape index (κ1) is 19.2. The van der Waals surface area contributed by atoms with Crippen LogP contribution in [0.15, 0.2) is 43.0 Å². The summed E-state index contributed by atoms with van der Waals surface area (Å²) in [5.41, 5.74) is 0. The van der Waals surface area contributed by atoms with Crippen LogP contribution in [0.2, 0.25) is 0 Å². The molecule has 23 heavy (non-hydrogen) atoms. The van der Waals surface area contributed by atoms with Crippen LogP contribution in [0.5, 0.6) is 5.75 Å².